The normalized spacial score (nSPS) is 21.5. The van der Waals surface area contributed by atoms with Gasteiger partial charge < -0.3 is 0 Å². The maximum atomic E-state index is 11.3. The molecule has 1 aliphatic rings. The number of hydrogen-bond donors (Lipinski definition) is 0. The first kappa shape index (κ1) is 12.6. The molecule has 3 heteroatoms. The first-order chi connectivity index (χ1) is 9.77. The Morgan fingerprint density at radius 1 is 0.900 bits per heavy atom. The lowest BCUT2D eigenvalue weighted by Gasteiger charge is -2.20. The van der Waals surface area contributed by atoms with Gasteiger partial charge in [0, 0.05) is 5.92 Å². The van der Waals surface area contributed by atoms with E-state index in [4.69, 9.17) is 0 Å². The van der Waals surface area contributed by atoms with E-state index in [0.29, 0.717) is 5.70 Å². The Balaban J connectivity index is 2.03. The van der Waals surface area contributed by atoms with Crippen LogP contribution in [0.1, 0.15) is 29.4 Å². The number of rotatable bonds is 3. The molecule has 0 aliphatic heterocycles. The third kappa shape index (κ3) is 2.23. The van der Waals surface area contributed by atoms with Crippen molar-refractivity contribution in [3.05, 3.63) is 93.7 Å². The van der Waals surface area contributed by atoms with E-state index in [0.717, 1.165) is 17.5 Å². The number of allylic oxidation sites excluding steroid dienone is 2. The average Bonchev–Trinajstić information content (AvgIpc) is 2.94. The Hall–Kier alpha value is -2.42. The predicted octanol–water partition coefficient (Wildman–Crippen LogP) is 4.12. The Labute approximate surface area is 117 Å². The van der Waals surface area contributed by atoms with Gasteiger partial charge in [-0.05, 0) is 23.6 Å². The Bertz CT molecular complexity index is 635. The van der Waals surface area contributed by atoms with Crippen LogP contribution < -0.4 is 0 Å². The number of nitro groups is 1. The molecule has 0 saturated carbocycles. The number of nitrogens with zero attached hydrogens (tertiary/aromatic N) is 1. The zero-order valence-corrected chi connectivity index (χ0v) is 11.0. The summed E-state index contributed by atoms with van der Waals surface area (Å²) < 4.78 is 0. The largest absolute Gasteiger partial charge is 0.259 e. The van der Waals surface area contributed by atoms with Crippen LogP contribution in [-0.2, 0) is 0 Å². The highest BCUT2D eigenvalue weighted by molar-refractivity contribution is 5.37. The Morgan fingerprint density at radius 3 is 2.00 bits per heavy atom. The molecular weight excluding hydrogens is 250 g/mol. The van der Waals surface area contributed by atoms with Crippen LogP contribution in [0, 0.1) is 10.1 Å². The van der Waals surface area contributed by atoms with Crippen LogP contribution in [0.4, 0.5) is 0 Å². The smallest absolute Gasteiger partial charge is 0.250 e. The first-order valence-electron chi connectivity index (χ1n) is 6.71. The summed E-state index contributed by atoms with van der Waals surface area (Å²) in [5.41, 5.74) is 2.50. The molecule has 1 aliphatic carbocycles. The molecule has 20 heavy (non-hydrogen) atoms. The van der Waals surface area contributed by atoms with Crippen molar-refractivity contribution in [2.45, 2.75) is 18.3 Å². The van der Waals surface area contributed by atoms with Gasteiger partial charge in [0.1, 0.15) is 0 Å². The fourth-order valence-electron chi connectivity index (χ4n) is 3.00. The van der Waals surface area contributed by atoms with E-state index in [1.165, 1.54) is 0 Å². The third-order valence-electron chi connectivity index (χ3n) is 3.90. The highest BCUT2D eigenvalue weighted by Gasteiger charge is 2.39. The van der Waals surface area contributed by atoms with E-state index in [-0.39, 0.29) is 16.8 Å². The van der Waals surface area contributed by atoms with Crippen LogP contribution in [0.3, 0.4) is 0 Å². The highest BCUT2D eigenvalue weighted by atomic mass is 16.6. The fraction of sp³-hybridized carbons (Fsp3) is 0.176. The van der Waals surface area contributed by atoms with Crippen LogP contribution in [0.25, 0.3) is 0 Å². The molecule has 2 atom stereocenters. The van der Waals surface area contributed by atoms with Gasteiger partial charge in [0.15, 0.2) is 0 Å². The Morgan fingerprint density at radius 2 is 1.45 bits per heavy atom. The van der Waals surface area contributed by atoms with E-state index < -0.39 is 0 Å². The molecule has 0 fully saturated rings. The van der Waals surface area contributed by atoms with Gasteiger partial charge in [-0.15, -0.1) is 0 Å². The van der Waals surface area contributed by atoms with Crippen LogP contribution in [0.5, 0.6) is 0 Å². The maximum Gasteiger partial charge on any atom is 0.250 e. The van der Waals surface area contributed by atoms with E-state index in [2.05, 4.69) is 12.1 Å². The zero-order valence-electron chi connectivity index (χ0n) is 11.0. The minimum absolute atomic E-state index is 0.152. The van der Waals surface area contributed by atoms with Gasteiger partial charge in [-0.1, -0.05) is 60.7 Å². The van der Waals surface area contributed by atoms with E-state index in [9.17, 15) is 10.1 Å². The van der Waals surface area contributed by atoms with Gasteiger partial charge in [-0.2, -0.15) is 0 Å². The van der Waals surface area contributed by atoms with Gasteiger partial charge in [-0.25, -0.2) is 0 Å². The van der Waals surface area contributed by atoms with E-state index >= 15 is 0 Å². The molecule has 0 spiro atoms. The quantitative estimate of drug-likeness (QED) is 0.619. The summed E-state index contributed by atoms with van der Waals surface area (Å²) in [7, 11) is 0. The molecule has 0 aromatic heterocycles. The Kier molecular flexibility index (Phi) is 3.33. The second-order valence-electron chi connectivity index (χ2n) is 5.03. The van der Waals surface area contributed by atoms with Gasteiger partial charge >= 0.3 is 0 Å². The topological polar surface area (TPSA) is 43.1 Å². The van der Waals surface area contributed by atoms with Crippen LogP contribution in [0.2, 0.25) is 0 Å². The van der Waals surface area contributed by atoms with Crippen molar-refractivity contribution in [1.29, 1.82) is 0 Å². The van der Waals surface area contributed by atoms with Crippen molar-refractivity contribution in [2.24, 2.45) is 0 Å². The van der Waals surface area contributed by atoms with Crippen LogP contribution in [0.15, 0.2) is 72.4 Å². The molecule has 0 N–H and O–H groups in total. The molecule has 3 nitrogen and oxygen atoms in total. The summed E-state index contributed by atoms with van der Waals surface area (Å²) in [5.74, 6) is -0.00685. The van der Waals surface area contributed by atoms with Crippen molar-refractivity contribution in [3.63, 3.8) is 0 Å². The molecule has 0 amide bonds. The molecule has 0 unspecified atom stereocenters. The van der Waals surface area contributed by atoms with Gasteiger partial charge in [0.05, 0.1) is 10.8 Å². The van der Waals surface area contributed by atoms with Crippen LogP contribution in [-0.4, -0.2) is 4.92 Å². The van der Waals surface area contributed by atoms with Crippen molar-refractivity contribution >= 4 is 0 Å². The van der Waals surface area contributed by atoms with Gasteiger partial charge in [-0.3, -0.25) is 10.1 Å². The minimum atomic E-state index is -0.236. The summed E-state index contributed by atoms with van der Waals surface area (Å²) in [6.07, 6.45) is 2.50. The SMILES string of the molecule is O=[N+]([O-])C1=CC[C@@H](c2ccccc2)[C@@H]1c1ccccc1. The van der Waals surface area contributed by atoms with Gasteiger partial charge in [0.25, 0.3) is 0 Å². The average molecular weight is 265 g/mol. The monoisotopic (exact) mass is 265 g/mol. The second kappa shape index (κ2) is 5.29. The summed E-state index contributed by atoms with van der Waals surface area (Å²) in [6, 6.07) is 19.8. The lowest BCUT2D eigenvalue weighted by Crippen LogP contribution is -2.13. The number of benzene rings is 2. The third-order valence-corrected chi connectivity index (χ3v) is 3.90. The second-order valence-corrected chi connectivity index (χ2v) is 5.03. The van der Waals surface area contributed by atoms with Gasteiger partial charge in [0.2, 0.25) is 5.70 Å². The molecule has 0 bridgehead atoms. The summed E-state index contributed by atoms with van der Waals surface area (Å²) >= 11 is 0. The molecule has 3 rings (SSSR count). The van der Waals surface area contributed by atoms with Crippen LogP contribution >= 0.6 is 0 Å². The number of hydrogen-bond acceptors (Lipinski definition) is 2. The highest BCUT2D eigenvalue weighted by Crippen LogP contribution is 2.46. The molecule has 2 aromatic carbocycles. The lowest BCUT2D eigenvalue weighted by atomic mass is 9.82. The minimum Gasteiger partial charge on any atom is -0.259 e. The van der Waals surface area contributed by atoms with Crippen molar-refractivity contribution in [1.82, 2.24) is 0 Å². The fourth-order valence-corrected chi connectivity index (χ4v) is 3.00. The molecule has 0 heterocycles. The first-order valence-corrected chi connectivity index (χ1v) is 6.71. The molecular formula is C17H15NO2. The molecule has 100 valence electrons. The van der Waals surface area contributed by atoms with Crippen molar-refractivity contribution in [3.8, 4) is 0 Å². The van der Waals surface area contributed by atoms with E-state index in [1.54, 1.807) is 6.08 Å². The zero-order chi connectivity index (χ0) is 13.9. The standard InChI is InChI=1S/C17H15NO2/c19-18(20)16-12-11-15(13-7-3-1-4-8-13)17(16)14-9-5-2-6-10-14/h1-10,12,15,17H,11H2/t15-,17-/m0/s1. The molecule has 2 aromatic rings. The maximum absolute atomic E-state index is 11.3. The summed E-state index contributed by atoms with van der Waals surface area (Å²) in [6.45, 7) is 0. The predicted molar refractivity (Wildman–Crippen MR) is 78.1 cm³/mol. The van der Waals surface area contributed by atoms with Crippen molar-refractivity contribution in [2.75, 3.05) is 0 Å². The lowest BCUT2D eigenvalue weighted by molar-refractivity contribution is -0.429. The molecule has 0 radical (unpaired) electrons. The summed E-state index contributed by atoms with van der Waals surface area (Å²) in [5, 5.41) is 11.3. The molecule has 0 saturated heterocycles. The summed E-state index contributed by atoms with van der Waals surface area (Å²) in [4.78, 5) is 11.1. The van der Waals surface area contributed by atoms with Crippen molar-refractivity contribution < 1.29 is 4.92 Å². The van der Waals surface area contributed by atoms with E-state index in [1.807, 2.05) is 48.5 Å².